The predicted molar refractivity (Wildman–Crippen MR) is 80.2 cm³/mol. The number of benzene rings is 1. The highest BCUT2D eigenvalue weighted by molar-refractivity contribution is 7.99. The second-order valence-electron chi connectivity index (χ2n) is 4.77. The third-order valence-corrected chi connectivity index (χ3v) is 4.04. The first-order chi connectivity index (χ1) is 9.58. The first-order valence-electron chi connectivity index (χ1n) is 6.50. The lowest BCUT2D eigenvalue weighted by molar-refractivity contribution is -0.133. The van der Waals surface area contributed by atoms with Crippen LogP contribution >= 0.6 is 11.8 Å². The van der Waals surface area contributed by atoms with Gasteiger partial charge in [0.25, 0.3) is 0 Å². The molecule has 5 heteroatoms. The summed E-state index contributed by atoms with van der Waals surface area (Å²) in [5.74, 6) is -0.785. The summed E-state index contributed by atoms with van der Waals surface area (Å²) in [7, 11) is 0. The maximum atomic E-state index is 10.7. The number of thioether (sulfide) groups is 1. The molecule has 0 fully saturated rings. The van der Waals surface area contributed by atoms with Crippen LogP contribution in [0.5, 0.6) is 0 Å². The normalized spacial score (nSPS) is 12.3. The van der Waals surface area contributed by atoms with Crippen molar-refractivity contribution in [3.63, 3.8) is 0 Å². The maximum absolute atomic E-state index is 10.7. The number of rotatable bonds is 6. The van der Waals surface area contributed by atoms with E-state index in [4.69, 9.17) is 5.11 Å². The van der Waals surface area contributed by atoms with Crippen molar-refractivity contribution >= 4 is 17.7 Å². The molecule has 0 aliphatic carbocycles. The Morgan fingerprint density at radius 1 is 1.40 bits per heavy atom. The summed E-state index contributed by atoms with van der Waals surface area (Å²) in [6.45, 7) is 4.13. The van der Waals surface area contributed by atoms with Crippen LogP contribution in [0.3, 0.4) is 0 Å². The quantitative estimate of drug-likeness (QED) is 0.830. The molecule has 0 aliphatic heterocycles. The van der Waals surface area contributed by atoms with Crippen molar-refractivity contribution in [2.45, 2.75) is 31.5 Å². The molecule has 1 aromatic carbocycles. The van der Waals surface area contributed by atoms with Crippen LogP contribution in [0.4, 0.5) is 0 Å². The number of aliphatic carboxylic acids is 1. The zero-order valence-electron chi connectivity index (χ0n) is 11.6. The Hall–Kier alpha value is -1.75. The van der Waals surface area contributed by atoms with E-state index in [9.17, 15) is 4.79 Å². The summed E-state index contributed by atoms with van der Waals surface area (Å²) in [5, 5.41) is 9.56. The Balaban J connectivity index is 2.14. The number of aromatic nitrogens is 2. The Bertz CT molecular complexity index is 581. The number of aryl methyl sites for hydroxylation is 1. The molecule has 20 heavy (non-hydrogen) atoms. The molecule has 2 rings (SSSR count). The summed E-state index contributed by atoms with van der Waals surface area (Å²) >= 11 is 1.27. The van der Waals surface area contributed by atoms with Crippen molar-refractivity contribution in [3.05, 3.63) is 47.8 Å². The average molecular weight is 290 g/mol. The molecule has 0 amide bonds. The highest BCUT2D eigenvalue weighted by Crippen LogP contribution is 2.25. The van der Waals surface area contributed by atoms with Crippen LogP contribution in [0, 0.1) is 6.92 Å². The second-order valence-corrected chi connectivity index (χ2v) is 5.72. The van der Waals surface area contributed by atoms with E-state index in [2.05, 4.69) is 28.6 Å². The highest BCUT2D eigenvalue weighted by Gasteiger charge is 2.15. The molecule has 0 radical (unpaired) electrons. The third kappa shape index (κ3) is 3.63. The van der Waals surface area contributed by atoms with Gasteiger partial charge in [-0.2, -0.15) is 0 Å². The zero-order chi connectivity index (χ0) is 14.5. The highest BCUT2D eigenvalue weighted by atomic mass is 32.2. The number of hydrogen-bond acceptors (Lipinski definition) is 3. The molecule has 0 spiro atoms. The van der Waals surface area contributed by atoms with Gasteiger partial charge in [0.05, 0.1) is 5.75 Å². The Morgan fingerprint density at radius 3 is 2.75 bits per heavy atom. The van der Waals surface area contributed by atoms with E-state index in [1.807, 2.05) is 25.1 Å². The van der Waals surface area contributed by atoms with E-state index in [1.165, 1.54) is 17.3 Å². The number of imidazole rings is 1. The number of carboxylic acids is 1. The molecule has 4 nitrogen and oxygen atoms in total. The van der Waals surface area contributed by atoms with Crippen LogP contribution in [0.1, 0.15) is 24.2 Å². The largest absolute Gasteiger partial charge is 0.481 e. The minimum atomic E-state index is -0.821. The predicted octanol–water partition coefficient (Wildman–Crippen LogP) is 3.17. The topological polar surface area (TPSA) is 55.1 Å². The van der Waals surface area contributed by atoms with Gasteiger partial charge in [0.15, 0.2) is 5.16 Å². The van der Waals surface area contributed by atoms with Gasteiger partial charge in [-0.1, -0.05) is 42.1 Å². The molecule has 0 aliphatic rings. The Kier molecular flexibility index (Phi) is 4.84. The number of hydrogen-bond donors (Lipinski definition) is 1. The lowest BCUT2D eigenvalue weighted by Gasteiger charge is -2.18. The second kappa shape index (κ2) is 6.61. The van der Waals surface area contributed by atoms with Crippen LogP contribution in [-0.4, -0.2) is 26.4 Å². The smallest absolute Gasteiger partial charge is 0.313 e. The van der Waals surface area contributed by atoms with E-state index in [0.29, 0.717) is 0 Å². The molecule has 1 N–H and O–H groups in total. The van der Waals surface area contributed by atoms with Crippen molar-refractivity contribution in [1.82, 2.24) is 9.55 Å². The lowest BCUT2D eigenvalue weighted by atomic mass is 10.1. The summed E-state index contributed by atoms with van der Waals surface area (Å²) < 4.78 is 2.11. The van der Waals surface area contributed by atoms with Gasteiger partial charge in [-0.25, -0.2) is 4.98 Å². The fourth-order valence-corrected chi connectivity index (χ4v) is 3.08. The van der Waals surface area contributed by atoms with Crippen LogP contribution in [-0.2, 0) is 11.2 Å². The third-order valence-electron chi connectivity index (χ3n) is 3.09. The molecule has 0 saturated carbocycles. The van der Waals surface area contributed by atoms with Crippen molar-refractivity contribution in [2.75, 3.05) is 5.75 Å². The number of carbonyl (C=O) groups is 1. The Labute approximate surface area is 122 Å². The van der Waals surface area contributed by atoms with Gasteiger partial charge in [0, 0.05) is 17.9 Å². The molecule has 2 aromatic rings. The molecule has 1 aromatic heterocycles. The summed E-state index contributed by atoms with van der Waals surface area (Å²) in [6, 6.07) is 10.5. The van der Waals surface area contributed by atoms with Gasteiger partial charge in [-0.05, 0) is 25.8 Å². The van der Waals surface area contributed by atoms with Gasteiger partial charge in [-0.3, -0.25) is 4.79 Å². The van der Waals surface area contributed by atoms with E-state index in [1.54, 1.807) is 6.20 Å². The average Bonchev–Trinajstić information content (AvgIpc) is 2.78. The van der Waals surface area contributed by atoms with Crippen molar-refractivity contribution in [3.8, 4) is 0 Å². The minimum absolute atomic E-state index is 0.0362. The first kappa shape index (κ1) is 14.7. The van der Waals surface area contributed by atoms with Crippen LogP contribution < -0.4 is 0 Å². The molecular weight excluding hydrogens is 272 g/mol. The summed E-state index contributed by atoms with van der Waals surface area (Å²) in [5.41, 5.74) is 2.32. The molecule has 1 heterocycles. The minimum Gasteiger partial charge on any atom is -0.481 e. The SMILES string of the molecule is Cc1cnc(SCC(=O)O)n1C(C)Cc1ccccc1. The van der Waals surface area contributed by atoms with Crippen molar-refractivity contribution in [1.29, 1.82) is 0 Å². The monoisotopic (exact) mass is 290 g/mol. The number of nitrogens with zero attached hydrogens (tertiary/aromatic N) is 2. The van der Waals surface area contributed by atoms with Crippen LogP contribution in [0.2, 0.25) is 0 Å². The fraction of sp³-hybridized carbons (Fsp3) is 0.333. The lowest BCUT2D eigenvalue weighted by Crippen LogP contribution is -2.12. The van der Waals surface area contributed by atoms with Crippen LogP contribution in [0.25, 0.3) is 0 Å². The summed E-state index contributed by atoms with van der Waals surface area (Å²) in [4.78, 5) is 15.0. The van der Waals surface area contributed by atoms with E-state index < -0.39 is 5.97 Å². The maximum Gasteiger partial charge on any atom is 0.313 e. The molecule has 1 atom stereocenters. The molecule has 106 valence electrons. The van der Waals surface area contributed by atoms with E-state index in [-0.39, 0.29) is 11.8 Å². The van der Waals surface area contributed by atoms with Crippen LogP contribution in [0.15, 0.2) is 41.7 Å². The van der Waals surface area contributed by atoms with Crippen molar-refractivity contribution < 1.29 is 9.90 Å². The standard InChI is InChI=1S/C15H18N2O2S/c1-11(8-13-6-4-3-5-7-13)17-12(2)9-16-15(17)20-10-14(18)19/h3-7,9,11H,8,10H2,1-2H3,(H,18,19). The van der Waals surface area contributed by atoms with E-state index in [0.717, 1.165) is 17.3 Å². The van der Waals surface area contributed by atoms with Gasteiger partial charge in [-0.15, -0.1) is 0 Å². The van der Waals surface area contributed by atoms with Gasteiger partial charge < -0.3 is 9.67 Å². The molecular formula is C15H18N2O2S. The molecule has 0 bridgehead atoms. The molecule has 1 unspecified atom stereocenters. The van der Waals surface area contributed by atoms with Gasteiger partial charge >= 0.3 is 5.97 Å². The van der Waals surface area contributed by atoms with Gasteiger partial charge in [0.2, 0.25) is 0 Å². The number of carboxylic acid groups (broad SMARTS) is 1. The first-order valence-corrected chi connectivity index (χ1v) is 7.49. The van der Waals surface area contributed by atoms with E-state index >= 15 is 0 Å². The molecule has 0 saturated heterocycles. The van der Waals surface area contributed by atoms with Crippen molar-refractivity contribution in [2.24, 2.45) is 0 Å². The summed E-state index contributed by atoms with van der Waals surface area (Å²) in [6.07, 6.45) is 2.70. The zero-order valence-corrected chi connectivity index (χ0v) is 12.4. The fourth-order valence-electron chi connectivity index (χ4n) is 2.24. The van der Waals surface area contributed by atoms with Gasteiger partial charge in [0.1, 0.15) is 0 Å². The Morgan fingerprint density at radius 2 is 2.10 bits per heavy atom.